The molecule has 0 bridgehead atoms. The predicted molar refractivity (Wildman–Crippen MR) is 138 cm³/mol. The molecular formula is C27H23ClN4O3. The first-order valence-electron chi connectivity index (χ1n) is 11.1. The summed E-state index contributed by atoms with van der Waals surface area (Å²) in [6.07, 6.45) is 1.56. The lowest BCUT2D eigenvalue weighted by atomic mass is 10.2. The van der Waals surface area contributed by atoms with Crippen molar-refractivity contribution in [2.24, 2.45) is 0 Å². The maximum Gasteiger partial charge on any atom is 0.278 e. The van der Waals surface area contributed by atoms with Crippen LogP contribution in [-0.4, -0.2) is 27.1 Å². The van der Waals surface area contributed by atoms with E-state index in [4.69, 9.17) is 16.3 Å². The van der Waals surface area contributed by atoms with Crippen LogP contribution in [0.15, 0.2) is 77.9 Å². The highest BCUT2D eigenvalue weighted by molar-refractivity contribution is 6.31. The minimum Gasteiger partial charge on any atom is -0.497 e. The van der Waals surface area contributed by atoms with Gasteiger partial charge in [0.15, 0.2) is 0 Å². The van der Waals surface area contributed by atoms with Crippen molar-refractivity contribution in [1.82, 2.24) is 14.1 Å². The smallest absolute Gasteiger partial charge is 0.278 e. The number of nitrogens with one attached hydrogen (secondary N) is 1. The van der Waals surface area contributed by atoms with Gasteiger partial charge in [0.25, 0.3) is 5.56 Å². The molecule has 0 radical (unpaired) electrons. The van der Waals surface area contributed by atoms with Crippen LogP contribution in [0.25, 0.3) is 21.9 Å². The first-order valence-corrected chi connectivity index (χ1v) is 11.5. The number of carbonyl (C=O) groups excluding carboxylic acids is 1. The van der Waals surface area contributed by atoms with E-state index in [-0.39, 0.29) is 18.0 Å². The van der Waals surface area contributed by atoms with Crippen LogP contribution in [-0.2, 0) is 17.9 Å². The van der Waals surface area contributed by atoms with Crippen molar-refractivity contribution in [2.45, 2.75) is 20.0 Å². The van der Waals surface area contributed by atoms with Crippen molar-refractivity contribution in [3.05, 3.63) is 99.6 Å². The fourth-order valence-corrected chi connectivity index (χ4v) is 4.40. The Kier molecular flexibility index (Phi) is 6.01. The Hall–Kier alpha value is -4.10. The third kappa shape index (κ3) is 4.26. The van der Waals surface area contributed by atoms with Crippen molar-refractivity contribution >= 4 is 45.1 Å². The normalized spacial score (nSPS) is 11.2. The zero-order valence-corrected chi connectivity index (χ0v) is 20.0. The molecule has 5 rings (SSSR count). The van der Waals surface area contributed by atoms with Crippen molar-refractivity contribution in [1.29, 1.82) is 0 Å². The number of benzene rings is 3. The zero-order chi connectivity index (χ0) is 24.5. The molecule has 0 spiro atoms. The molecule has 2 heterocycles. The topological polar surface area (TPSA) is 78.2 Å². The molecule has 3 aromatic carbocycles. The van der Waals surface area contributed by atoms with Crippen molar-refractivity contribution < 1.29 is 9.53 Å². The van der Waals surface area contributed by atoms with Gasteiger partial charge in [-0.1, -0.05) is 48.0 Å². The summed E-state index contributed by atoms with van der Waals surface area (Å²) in [5.41, 5.74) is 3.88. The molecule has 1 N–H and O–H groups in total. The van der Waals surface area contributed by atoms with E-state index >= 15 is 0 Å². The van der Waals surface area contributed by atoms with Crippen LogP contribution in [0.3, 0.4) is 0 Å². The number of rotatable bonds is 6. The van der Waals surface area contributed by atoms with Gasteiger partial charge < -0.3 is 14.6 Å². The molecule has 0 aliphatic rings. The van der Waals surface area contributed by atoms with E-state index in [0.717, 1.165) is 27.8 Å². The molecule has 0 aliphatic carbocycles. The monoisotopic (exact) mass is 486 g/mol. The van der Waals surface area contributed by atoms with E-state index in [1.807, 2.05) is 55.5 Å². The van der Waals surface area contributed by atoms with E-state index in [2.05, 4.69) is 10.3 Å². The molecule has 8 heteroatoms. The lowest BCUT2D eigenvalue weighted by Crippen LogP contribution is -2.25. The van der Waals surface area contributed by atoms with E-state index < -0.39 is 0 Å². The number of hydrogen-bond donors (Lipinski definition) is 1. The van der Waals surface area contributed by atoms with Crippen molar-refractivity contribution in [3.8, 4) is 5.75 Å². The summed E-state index contributed by atoms with van der Waals surface area (Å²) in [5.74, 6) is 0.485. The molecule has 0 atom stereocenters. The molecule has 0 unspecified atom stereocenters. The molecule has 0 fully saturated rings. The van der Waals surface area contributed by atoms with Gasteiger partial charge in [-0.3, -0.25) is 14.2 Å². The number of aromatic nitrogens is 3. The number of methoxy groups -OCH3 is 1. The zero-order valence-electron chi connectivity index (χ0n) is 19.3. The quantitative estimate of drug-likeness (QED) is 0.366. The van der Waals surface area contributed by atoms with Gasteiger partial charge >= 0.3 is 0 Å². The van der Waals surface area contributed by atoms with Crippen molar-refractivity contribution in [2.75, 3.05) is 12.4 Å². The lowest BCUT2D eigenvalue weighted by molar-refractivity contribution is -0.116. The van der Waals surface area contributed by atoms with Gasteiger partial charge in [0.2, 0.25) is 5.91 Å². The Morgan fingerprint density at radius 2 is 1.83 bits per heavy atom. The second-order valence-corrected chi connectivity index (χ2v) is 8.69. The first-order chi connectivity index (χ1) is 17.0. The summed E-state index contributed by atoms with van der Waals surface area (Å²) in [7, 11) is 1.61. The molecule has 2 aromatic heterocycles. The number of halogens is 1. The Labute approximate surface area is 206 Å². The number of fused-ring (bicyclic) bond motifs is 3. The van der Waals surface area contributed by atoms with Crippen molar-refractivity contribution in [3.63, 3.8) is 0 Å². The summed E-state index contributed by atoms with van der Waals surface area (Å²) in [6.45, 7) is 2.15. The van der Waals surface area contributed by atoms with Crippen LogP contribution in [0.5, 0.6) is 5.75 Å². The average Bonchev–Trinajstić information content (AvgIpc) is 3.18. The first kappa shape index (κ1) is 22.7. The van der Waals surface area contributed by atoms with Crippen LogP contribution >= 0.6 is 11.6 Å². The van der Waals surface area contributed by atoms with Gasteiger partial charge in [0.1, 0.15) is 23.3 Å². The minimum atomic E-state index is -0.261. The van der Waals surface area contributed by atoms with Crippen LogP contribution in [0.1, 0.15) is 11.1 Å². The van der Waals surface area contributed by atoms with Gasteiger partial charge in [0, 0.05) is 16.1 Å². The SMILES string of the molecule is COc1ccc(Cn2cnc3c4ccccc4n(CC(=O)Nc4cccc(Cl)c4C)c3c2=O)cc1. The van der Waals surface area contributed by atoms with Gasteiger partial charge in [-0.2, -0.15) is 0 Å². The van der Waals surface area contributed by atoms with Gasteiger partial charge in [-0.05, 0) is 48.4 Å². The number of amides is 1. The van der Waals surface area contributed by atoms with Gasteiger partial charge in [-0.25, -0.2) is 4.98 Å². The van der Waals surface area contributed by atoms with E-state index in [1.165, 1.54) is 0 Å². The molecule has 0 saturated carbocycles. The number of ether oxygens (including phenoxy) is 1. The van der Waals surface area contributed by atoms with Crippen LogP contribution in [0, 0.1) is 6.92 Å². The minimum absolute atomic E-state index is 0.0422. The lowest BCUT2D eigenvalue weighted by Gasteiger charge is -2.12. The maximum absolute atomic E-state index is 13.6. The highest BCUT2D eigenvalue weighted by Gasteiger charge is 2.19. The molecule has 7 nitrogen and oxygen atoms in total. The second kappa shape index (κ2) is 9.27. The summed E-state index contributed by atoms with van der Waals surface area (Å²) < 4.78 is 8.50. The number of nitrogens with zero attached hydrogens (tertiary/aromatic N) is 3. The Morgan fingerprint density at radius 1 is 1.06 bits per heavy atom. The fraction of sp³-hybridized carbons (Fsp3) is 0.148. The van der Waals surface area contributed by atoms with Gasteiger partial charge in [0.05, 0.1) is 25.5 Å². The third-order valence-electron chi connectivity index (χ3n) is 6.09. The summed E-state index contributed by atoms with van der Waals surface area (Å²) in [4.78, 5) is 31.3. The molecule has 0 aliphatic heterocycles. The number of carbonyl (C=O) groups is 1. The number of hydrogen-bond acceptors (Lipinski definition) is 4. The molecular weight excluding hydrogens is 464 g/mol. The van der Waals surface area contributed by atoms with Crippen LogP contribution in [0.4, 0.5) is 5.69 Å². The number of anilines is 1. The maximum atomic E-state index is 13.6. The number of para-hydroxylation sites is 1. The Balaban J connectivity index is 1.56. The van der Waals surface area contributed by atoms with E-state index in [1.54, 1.807) is 40.8 Å². The summed E-state index contributed by atoms with van der Waals surface area (Å²) in [6, 6.07) is 20.5. The molecule has 0 saturated heterocycles. The fourth-order valence-electron chi connectivity index (χ4n) is 4.23. The Bertz CT molecular complexity index is 1620. The van der Waals surface area contributed by atoms with E-state index in [0.29, 0.717) is 28.3 Å². The highest BCUT2D eigenvalue weighted by atomic mass is 35.5. The molecule has 176 valence electrons. The summed E-state index contributed by atoms with van der Waals surface area (Å²) in [5, 5.41) is 4.31. The van der Waals surface area contributed by atoms with E-state index in [9.17, 15) is 9.59 Å². The molecule has 35 heavy (non-hydrogen) atoms. The van der Waals surface area contributed by atoms with Gasteiger partial charge in [-0.15, -0.1) is 0 Å². The standard InChI is InChI=1S/C27H23ClN4O3/c1-17-21(28)7-5-8-22(17)30-24(33)15-32-23-9-4-3-6-20(23)25-26(32)27(34)31(16-29-25)14-18-10-12-19(35-2)13-11-18/h3-13,16H,14-15H2,1-2H3,(H,30,33). The highest BCUT2D eigenvalue weighted by Crippen LogP contribution is 2.26. The summed E-state index contributed by atoms with van der Waals surface area (Å²) >= 11 is 6.20. The largest absolute Gasteiger partial charge is 0.497 e. The predicted octanol–water partition coefficient (Wildman–Crippen LogP) is 5.01. The van der Waals surface area contributed by atoms with Crippen LogP contribution in [0.2, 0.25) is 5.02 Å². The van der Waals surface area contributed by atoms with Crippen LogP contribution < -0.4 is 15.6 Å². The average molecular weight is 487 g/mol. The third-order valence-corrected chi connectivity index (χ3v) is 6.50. The molecule has 5 aromatic rings. The molecule has 1 amide bonds. The Morgan fingerprint density at radius 3 is 2.60 bits per heavy atom. The second-order valence-electron chi connectivity index (χ2n) is 8.29.